The lowest BCUT2D eigenvalue weighted by atomic mass is 9.74. The molecule has 1 aliphatic carbocycles. The van der Waals surface area contributed by atoms with E-state index in [4.69, 9.17) is 4.74 Å². The van der Waals surface area contributed by atoms with Crippen LogP contribution in [0.1, 0.15) is 42.5 Å². The Bertz CT molecular complexity index is 536. The minimum absolute atomic E-state index is 0.279. The Labute approximate surface area is 126 Å². The van der Waals surface area contributed by atoms with Crippen molar-refractivity contribution in [2.75, 3.05) is 37.5 Å². The first-order valence-corrected chi connectivity index (χ1v) is 7.81. The van der Waals surface area contributed by atoms with Crippen LogP contribution < -0.4 is 10.2 Å². The van der Waals surface area contributed by atoms with E-state index in [1.807, 2.05) is 18.2 Å². The van der Waals surface area contributed by atoms with Crippen LogP contribution >= 0.6 is 0 Å². The van der Waals surface area contributed by atoms with Gasteiger partial charge in [-0.15, -0.1) is 0 Å². The van der Waals surface area contributed by atoms with Gasteiger partial charge in [-0.25, -0.2) is 4.79 Å². The van der Waals surface area contributed by atoms with E-state index in [0.29, 0.717) is 11.0 Å². The Balaban J connectivity index is 1.88. The molecule has 0 aromatic heterocycles. The number of benzene rings is 1. The van der Waals surface area contributed by atoms with Gasteiger partial charge in [-0.2, -0.15) is 0 Å². The minimum atomic E-state index is -0.279. The number of esters is 1. The molecule has 1 spiro atoms. The van der Waals surface area contributed by atoms with Crippen LogP contribution in [-0.4, -0.2) is 33.2 Å². The van der Waals surface area contributed by atoms with Gasteiger partial charge in [0.25, 0.3) is 0 Å². The zero-order valence-corrected chi connectivity index (χ0v) is 12.9. The van der Waals surface area contributed by atoms with Crippen LogP contribution in [-0.2, 0) is 4.74 Å². The standard InChI is InChI=1S/C17H24N2O2/c1-19-12-17(8-4-3-5-9-17)11-18-14-10-13(16(20)21-2)6-7-15(14)19/h6-7,10,18H,3-5,8-9,11-12H2,1-2H3. The molecule has 1 fully saturated rings. The molecule has 2 aliphatic rings. The van der Waals surface area contributed by atoms with Gasteiger partial charge in [0.1, 0.15) is 0 Å². The summed E-state index contributed by atoms with van der Waals surface area (Å²) < 4.78 is 4.81. The van der Waals surface area contributed by atoms with Crippen molar-refractivity contribution in [3.05, 3.63) is 23.8 Å². The summed E-state index contributed by atoms with van der Waals surface area (Å²) in [5.41, 5.74) is 3.20. The highest BCUT2D eigenvalue weighted by molar-refractivity contribution is 5.92. The summed E-state index contributed by atoms with van der Waals surface area (Å²) in [6.07, 6.45) is 6.62. The average molecular weight is 288 g/mol. The second-order valence-corrected chi connectivity index (χ2v) is 6.49. The fraction of sp³-hybridized carbons (Fsp3) is 0.588. The number of carbonyl (C=O) groups excluding carboxylic acids is 1. The second kappa shape index (κ2) is 5.58. The lowest BCUT2D eigenvalue weighted by Gasteiger charge is -2.38. The molecular weight excluding hydrogens is 264 g/mol. The fourth-order valence-electron chi connectivity index (χ4n) is 3.82. The molecule has 1 heterocycles. The van der Waals surface area contributed by atoms with E-state index in [9.17, 15) is 4.79 Å². The number of rotatable bonds is 1. The van der Waals surface area contributed by atoms with Gasteiger partial charge in [-0.05, 0) is 31.0 Å². The number of carbonyl (C=O) groups is 1. The topological polar surface area (TPSA) is 41.6 Å². The molecule has 0 unspecified atom stereocenters. The van der Waals surface area contributed by atoms with E-state index >= 15 is 0 Å². The Morgan fingerprint density at radius 2 is 2.05 bits per heavy atom. The summed E-state index contributed by atoms with van der Waals surface area (Å²) in [5, 5.41) is 3.59. The predicted octanol–water partition coefficient (Wildman–Crippen LogP) is 3.29. The molecule has 21 heavy (non-hydrogen) atoms. The Morgan fingerprint density at radius 3 is 2.76 bits per heavy atom. The van der Waals surface area contributed by atoms with Gasteiger partial charge in [0.05, 0.1) is 24.0 Å². The molecule has 0 atom stereocenters. The monoisotopic (exact) mass is 288 g/mol. The predicted molar refractivity (Wildman–Crippen MR) is 85.1 cm³/mol. The average Bonchev–Trinajstić information content (AvgIpc) is 2.64. The largest absolute Gasteiger partial charge is 0.465 e. The highest BCUT2D eigenvalue weighted by Crippen LogP contribution is 2.41. The Morgan fingerprint density at radius 1 is 1.29 bits per heavy atom. The molecule has 1 saturated carbocycles. The molecule has 0 saturated heterocycles. The normalized spacial score (nSPS) is 20.4. The van der Waals surface area contributed by atoms with Crippen LogP contribution in [0.15, 0.2) is 18.2 Å². The third kappa shape index (κ3) is 2.71. The summed E-state index contributed by atoms with van der Waals surface area (Å²) in [5.74, 6) is -0.279. The van der Waals surface area contributed by atoms with Crippen molar-refractivity contribution in [2.24, 2.45) is 5.41 Å². The number of hydrogen-bond donors (Lipinski definition) is 1. The van der Waals surface area contributed by atoms with Crippen molar-refractivity contribution >= 4 is 17.3 Å². The van der Waals surface area contributed by atoms with Crippen LogP contribution in [0.25, 0.3) is 0 Å². The highest BCUT2D eigenvalue weighted by Gasteiger charge is 2.35. The van der Waals surface area contributed by atoms with Crippen LogP contribution in [0.2, 0.25) is 0 Å². The van der Waals surface area contributed by atoms with Crippen molar-refractivity contribution in [3.8, 4) is 0 Å². The maximum Gasteiger partial charge on any atom is 0.337 e. The maximum atomic E-state index is 11.7. The van der Waals surface area contributed by atoms with Crippen LogP contribution in [0.4, 0.5) is 11.4 Å². The molecule has 1 N–H and O–H groups in total. The lowest BCUT2D eigenvalue weighted by molar-refractivity contribution is 0.0601. The number of anilines is 2. The van der Waals surface area contributed by atoms with Crippen molar-refractivity contribution in [3.63, 3.8) is 0 Å². The van der Waals surface area contributed by atoms with Gasteiger partial charge in [0.15, 0.2) is 0 Å². The Kier molecular flexibility index (Phi) is 3.79. The summed E-state index contributed by atoms with van der Waals surface area (Å²) >= 11 is 0. The molecule has 1 aliphatic heterocycles. The van der Waals surface area contributed by atoms with Crippen LogP contribution in [0.3, 0.4) is 0 Å². The molecule has 0 radical (unpaired) electrons. The number of fused-ring (bicyclic) bond motifs is 1. The van der Waals surface area contributed by atoms with Crippen molar-refractivity contribution < 1.29 is 9.53 Å². The van der Waals surface area contributed by atoms with E-state index < -0.39 is 0 Å². The third-order valence-electron chi connectivity index (χ3n) is 4.97. The van der Waals surface area contributed by atoms with Crippen LogP contribution in [0, 0.1) is 5.41 Å². The maximum absolute atomic E-state index is 11.7. The summed E-state index contributed by atoms with van der Waals surface area (Å²) in [6.45, 7) is 2.08. The van der Waals surface area contributed by atoms with Gasteiger partial charge in [0.2, 0.25) is 0 Å². The smallest absolute Gasteiger partial charge is 0.337 e. The summed E-state index contributed by atoms with van der Waals surface area (Å²) in [6, 6.07) is 5.79. The molecule has 1 aromatic rings. The number of ether oxygens (including phenoxy) is 1. The first-order valence-electron chi connectivity index (χ1n) is 7.81. The molecule has 1 aromatic carbocycles. The first kappa shape index (κ1) is 14.2. The molecule has 3 rings (SSSR count). The molecule has 4 heteroatoms. The quantitative estimate of drug-likeness (QED) is 0.805. The molecular formula is C17H24N2O2. The first-order chi connectivity index (χ1) is 10.1. The molecule has 4 nitrogen and oxygen atoms in total. The fourth-order valence-corrected chi connectivity index (χ4v) is 3.82. The van der Waals surface area contributed by atoms with E-state index in [2.05, 4.69) is 17.3 Å². The van der Waals surface area contributed by atoms with E-state index in [1.165, 1.54) is 44.9 Å². The zero-order valence-electron chi connectivity index (χ0n) is 12.9. The summed E-state index contributed by atoms with van der Waals surface area (Å²) in [4.78, 5) is 14.0. The van der Waals surface area contributed by atoms with Gasteiger partial charge in [-0.1, -0.05) is 19.3 Å². The van der Waals surface area contributed by atoms with Crippen LogP contribution in [0.5, 0.6) is 0 Å². The van der Waals surface area contributed by atoms with Gasteiger partial charge in [0, 0.05) is 25.6 Å². The van der Waals surface area contributed by atoms with Crippen molar-refractivity contribution in [1.82, 2.24) is 0 Å². The molecule has 114 valence electrons. The SMILES string of the molecule is COC(=O)c1ccc2c(c1)NCC1(CCCCC1)CN2C. The van der Waals surface area contributed by atoms with Crippen molar-refractivity contribution in [1.29, 1.82) is 0 Å². The van der Waals surface area contributed by atoms with Gasteiger partial charge < -0.3 is 15.0 Å². The second-order valence-electron chi connectivity index (χ2n) is 6.49. The lowest BCUT2D eigenvalue weighted by Crippen LogP contribution is -2.40. The third-order valence-corrected chi connectivity index (χ3v) is 4.97. The number of nitrogens with zero attached hydrogens (tertiary/aromatic N) is 1. The molecule has 0 bridgehead atoms. The number of nitrogens with one attached hydrogen (secondary N) is 1. The van der Waals surface area contributed by atoms with E-state index in [0.717, 1.165) is 18.8 Å². The van der Waals surface area contributed by atoms with E-state index in [1.54, 1.807) is 0 Å². The number of hydrogen-bond acceptors (Lipinski definition) is 4. The van der Waals surface area contributed by atoms with Gasteiger partial charge in [-0.3, -0.25) is 0 Å². The van der Waals surface area contributed by atoms with E-state index in [-0.39, 0.29) is 5.97 Å². The van der Waals surface area contributed by atoms with Crippen molar-refractivity contribution in [2.45, 2.75) is 32.1 Å². The minimum Gasteiger partial charge on any atom is -0.465 e. The summed E-state index contributed by atoms with van der Waals surface area (Å²) in [7, 11) is 3.57. The zero-order chi connectivity index (χ0) is 14.9. The Hall–Kier alpha value is -1.71. The molecule has 0 amide bonds. The highest BCUT2D eigenvalue weighted by atomic mass is 16.5. The number of methoxy groups -OCH3 is 1. The van der Waals surface area contributed by atoms with Gasteiger partial charge >= 0.3 is 5.97 Å².